The van der Waals surface area contributed by atoms with Gasteiger partial charge in [-0.1, -0.05) is 31.2 Å². The lowest BCUT2D eigenvalue weighted by molar-refractivity contribution is -0.122. The van der Waals surface area contributed by atoms with Crippen LogP contribution in [0.15, 0.2) is 29.6 Å². The summed E-state index contributed by atoms with van der Waals surface area (Å²) in [4.78, 5) is 16.2. The third kappa shape index (κ3) is 2.90. The fourth-order valence-electron chi connectivity index (χ4n) is 2.30. The normalized spacial score (nSPS) is 20.7. The summed E-state index contributed by atoms with van der Waals surface area (Å²) in [5, 5.41) is 6.15. The molecular formula is C16H18N2OS. The first-order valence-electron chi connectivity index (χ1n) is 6.92. The van der Waals surface area contributed by atoms with Crippen molar-refractivity contribution in [1.29, 1.82) is 0 Å². The van der Waals surface area contributed by atoms with Crippen molar-refractivity contribution in [3.8, 4) is 11.3 Å². The number of carbonyl (C=O) groups excluding carboxylic acids is 1. The van der Waals surface area contributed by atoms with E-state index in [2.05, 4.69) is 46.9 Å². The van der Waals surface area contributed by atoms with Crippen molar-refractivity contribution in [3.05, 3.63) is 40.2 Å². The average molecular weight is 286 g/mol. The molecule has 3 rings (SSSR count). The molecule has 1 saturated carbocycles. The number of nitrogens with one attached hydrogen (secondary N) is 1. The molecule has 20 heavy (non-hydrogen) atoms. The van der Waals surface area contributed by atoms with Gasteiger partial charge in [-0.25, -0.2) is 4.98 Å². The summed E-state index contributed by atoms with van der Waals surface area (Å²) in [6.07, 6.45) is 1.04. The van der Waals surface area contributed by atoms with Crippen LogP contribution in [0, 0.1) is 18.8 Å². The molecule has 0 aliphatic heterocycles. The van der Waals surface area contributed by atoms with Gasteiger partial charge in [-0.3, -0.25) is 4.79 Å². The number of carbonyl (C=O) groups is 1. The zero-order valence-corrected chi connectivity index (χ0v) is 12.5. The van der Waals surface area contributed by atoms with Gasteiger partial charge in [0.05, 0.1) is 10.7 Å². The molecule has 1 aromatic carbocycles. The van der Waals surface area contributed by atoms with E-state index in [1.165, 1.54) is 0 Å². The van der Waals surface area contributed by atoms with E-state index < -0.39 is 0 Å². The third-order valence-corrected chi connectivity index (χ3v) is 4.56. The van der Waals surface area contributed by atoms with Crippen LogP contribution in [0.5, 0.6) is 0 Å². The molecule has 4 heteroatoms. The van der Waals surface area contributed by atoms with Gasteiger partial charge in [0.25, 0.3) is 0 Å². The molecule has 2 atom stereocenters. The predicted octanol–water partition coefficient (Wildman–Crippen LogP) is 3.39. The summed E-state index contributed by atoms with van der Waals surface area (Å²) in [6, 6.07) is 8.24. The Bertz CT molecular complexity index is 618. The Morgan fingerprint density at radius 3 is 2.65 bits per heavy atom. The Morgan fingerprint density at radius 1 is 1.40 bits per heavy atom. The molecule has 1 aromatic heterocycles. The average Bonchev–Trinajstić information content (AvgIpc) is 3.03. The number of amides is 1. The second-order valence-electron chi connectivity index (χ2n) is 5.49. The fraction of sp³-hybridized carbons (Fsp3) is 0.375. The van der Waals surface area contributed by atoms with Crippen LogP contribution in [-0.2, 0) is 11.3 Å². The highest BCUT2D eigenvalue weighted by atomic mass is 32.1. The van der Waals surface area contributed by atoms with E-state index in [0.29, 0.717) is 12.5 Å². The Kier molecular flexibility index (Phi) is 3.57. The van der Waals surface area contributed by atoms with Crippen molar-refractivity contribution in [1.82, 2.24) is 10.3 Å². The topological polar surface area (TPSA) is 42.0 Å². The maximum atomic E-state index is 11.8. The van der Waals surface area contributed by atoms with Crippen molar-refractivity contribution < 1.29 is 4.79 Å². The summed E-state index contributed by atoms with van der Waals surface area (Å²) in [7, 11) is 0. The second kappa shape index (κ2) is 5.37. The number of benzene rings is 1. The van der Waals surface area contributed by atoms with E-state index in [1.54, 1.807) is 11.3 Å². The summed E-state index contributed by atoms with van der Waals surface area (Å²) in [6.45, 7) is 4.74. The van der Waals surface area contributed by atoms with Gasteiger partial charge < -0.3 is 5.32 Å². The van der Waals surface area contributed by atoms with Crippen molar-refractivity contribution in [2.75, 3.05) is 0 Å². The monoisotopic (exact) mass is 286 g/mol. The number of nitrogens with zero attached hydrogens (tertiary/aromatic N) is 1. The number of rotatable bonds is 4. The third-order valence-electron chi connectivity index (χ3n) is 3.78. The summed E-state index contributed by atoms with van der Waals surface area (Å²) in [5.74, 6) is 0.995. The molecule has 1 amide bonds. The minimum absolute atomic E-state index is 0.191. The van der Waals surface area contributed by atoms with Crippen LogP contribution in [0.25, 0.3) is 11.3 Å². The summed E-state index contributed by atoms with van der Waals surface area (Å²) in [5.41, 5.74) is 3.28. The zero-order valence-electron chi connectivity index (χ0n) is 11.7. The molecule has 1 aliphatic rings. The molecular weight excluding hydrogens is 268 g/mol. The lowest BCUT2D eigenvalue weighted by Crippen LogP contribution is -2.24. The second-order valence-corrected chi connectivity index (χ2v) is 6.55. The van der Waals surface area contributed by atoms with Crippen molar-refractivity contribution in [3.63, 3.8) is 0 Å². The molecule has 1 heterocycles. The Hall–Kier alpha value is -1.68. The van der Waals surface area contributed by atoms with E-state index in [-0.39, 0.29) is 11.8 Å². The molecule has 0 radical (unpaired) electrons. The minimum atomic E-state index is 0.191. The molecule has 104 valence electrons. The standard InChI is InChI=1S/C16H18N2OS/c1-10-7-14(10)16(19)17-8-12-3-5-13(6-4-12)15-9-20-11(2)18-15/h3-6,9-10,14H,7-8H2,1-2H3,(H,17,19). The molecule has 2 aromatic rings. The van der Waals surface area contributed by atoms with Gasteiger partial charge >= 0.3 is 0 Å². The molecule has 0 saturated heterocycles. The fourth-order valence-corrected chi connectivity index (χ4v) is 2.92. The van der Waals surface area contributed by atoms with Gasteiger partial charge in [0.15, 0.2) is 0 Å². The lowest BCUT2D eigenvalue weighted by atomic mass is 10.1. The SMILES string of the molecule is Cc1nc(-c2ccc(CNC(=O)C3CC3C)cc2)cs1. The van der Waals surface area contributed by atoms with Gasteiger partial charge in [0.2, 0.25) is 5.91 Å². The van der Waals surface area contributed by atoms with Crippen LogP contribution < -0.4 is 5.32 Å². The first-order chi connectivity index (χ1) is 9.63. The van der Waals surface area contributed by atoms with Crippen LogP contribution in [0.3, 0.4) is 0 Å². The van der Waals surface area contributed by atoms with Gasteiger partial charge in [0, 0.05) is 23.4 Å². The Labute approximate surface area is 123 Å². The van der Waals surface area contributed by atoms with E-state index in [1.807, 2.05) is 6.92 Å². The van der Waals surface area contributed by atoms with Crippen molar-refractivity contribution in [2.45, 2.75) is 26.8 Å². The van der Waals surface area contributed by atoms with E-state index in [4.69, 9.17) is 0 Å². The number of aromatic nitrogens is 1. The zero-order chi connectivity index (χ0) is 14.1. The van der Waals surface area contributed by atoms with Crippen molar-refractivity contribution >= 4 is 17.2 Å². The van der Waals surface area contributed by atoms with Gasteiger partial charge in [-0.15, -0.1) is 11.3 Å². The highest BCUT2D eigenvalue weighted by molar-refractivity contribution is 7.09. The molecule has 3 nitrogen and oxygen atoms in total. The molecule has 0 spiro atoms. The van der Waals surface area contributed by atoms with Crippen LogP contribution in [-0.4, -0.2) is 10.9 Å². The van der Waals surface area contributed by atoms with E-state index in [9.17, 15) is 4.79 Å². The van der Waals surface area contributed by atoms with Crippen LogP contribution in [0.4, 0.5) is 0 Å². The molecule has 2 unspecified atom stereocenters. The van der Waals surface area contributed by atoms with E-state index in [0.717, 1.165) is 28.2 Å². The first-order valence-corrected chi connectivity index (χ1v) is 7.80. The van der Waals surface area contributed by atoms with E-state index >= 15 is 0 Å². The first kappa shape index (κ1) is 13.3. The number of hydrogen-bond donors (Lipinski definition) is 1. The minimum Gasteiger partial charge on any atom is -0.352 e. The molecule has 1 N–H and O–H groups in total. The van der Waals surface area contributed by atoms with Gasteiger partial charge in [0.1, 0.15) is 0 Å². The molecule has 1 aliphatic carbocycles. The largest absolute Gasteiger partial charge is 0.352 e. The van der Waals surface area contributed by atoms with Crippen molar-refractivity contribution in [2.24, 2.45) is 11.8 Å². The lowest BCUT2D eigenvalue weighted by Gasteiger charge is -2.05. The highest BCUT2D eigenvalue weighted by Gasteiger charge is 2.38. The van der Waals surface area contributed by atoms with Crippen LogP contribution in [0.2, 0.25) is 0 Å². The highest BCUT2D eigenvalue weighted by Crippen LogP contribution is 2.37. The molecule has 1 fully saturated rings. The molecule has 0 bridgehead atoms. The Balaban J connectivity index is 1.60. The number of thiazole rings is 1. The summed E-state index contributed by atoms with van der Waals surface area (Å²) >= 11 is 1.66. The smallest absolute Gasteiger partial charge is 0.223 e. The maximum Gasteiger partial charge on any atom is 0.223 e. The number of hydrogen-bond acceptors (Lipinski definition) is 3. The van der Waals surface area contributed by atoms with Gasteiger partial charge in [-0.05, 0) is 24.8 Å². The van der Waals surface area contributed by atoms with Crippen LogP contribution in [0.1, 0.15) is 23.9 Å². The summed E-state index contributed by atoms with van der Waals surface area (Å²) < 4.78 is 0. The van der Waals surface area contributed by atoms with Gasteiger partial charge in [-0.2, -0.15) is 0 Å². The maximum absolute atomic E-state index is 11.8. The Morgan fingerprint density at radius 2 is 2.10 bits per heavy atom. The number of aryl methyl sites for hydroxylation is 1. The quantitative estimate of drug-likeness (QED) is 0.936. The predicted molar refractivity (Wildman–Crippen MR) is 81.4 cm³/mol. The van der Waals surface area contributed by atoms with Crippen LogP contribution >= 0.6 is 11.3 Å².